The molecule has 0 amide bonds. The normalized spacial score (nSPS) is 11.5. The number of nitrogens with one attached hydrogen (secondary N) is 1. The Morgan fingerprint density at radius 3 is 2.58 bits per heavy atom. The van der Waals surface area contributed by atoms with E-state index >= 15 is 0 Å². The third-order valence-corrected chi connectivity index (χ3v) is 6.22. The molecular formula is C24H25ClN8. The summed E-state index contributed by atoms with van der Waals surface area (Å²) >= 11 is 6.52. The first-order valence-electron chi connectivity index (χ1n) is 11.1. The Bertz CT molecular complexity index is 1400. The monoisotopic (exact) mass is 460 g/mol. The first-order valence-corrected chi connectivity index (χ1v) is 11.5. The van der Waals surface area contributed by atoms with Crippen molar-refractivity contribution in [2.24, 2.45) is 0 Å². The smallest absolute Gasteiger partial charge is 0.206 e. The average molecular weight is 461 g/mol. The average Bonchev–Trinajstić information content (AvgIpc) is 3.54. The van der Waals surface area contributed by atoms with Gasteiger partial charge in [-0.2, -0.15) is 5.21 Å². The van der Waals surface area contributed by atoms with Gasteiger partial charge in [0.1, 0.15) is 16.5 Å². The maximum atomic E-state index is 6.52. The van der Waals surface area contributed by atoms with Crippen LogP contribution in [0.4, 0.5) is 0 Å². The topological polar surface area (TPSA) is 90.1 Å². The minimum atomic E-state index is 0.527. The van der Waals surface area contributed by atoms with Crippen LogP contribution in [-0.2, 0) is 19.5 Å². The third-order valence-electron chi connectivity index (χ3n) is 5.91. The molecule has 1 N–H and O–H groups in total. The van der Waals surface area contributed by atoms with Gasteiger partial charge in [0.25, 0.3) is 0 Å². The number of pyridine rings is 1. The highest BCUT2D eigenvalue weighted by Crippen LogP contribution is 2.35. The molecule has 0 radical (unpaired) electrons. The van der Waals surface area contributed by atoms with Crippen molar-refractivity contribution in [1.29, 1.82) is 0 Å². The van der Waals surface area contributed by atoms with Gasteiger partial charge < -0.3 is 9.13 Å². The largest absolute Gasteiger partial charge is 0.331 e. The number of benzene rings is 1. The number of H-pyrrole nitrogens is 1. The van der Waals surface area contributed by atoms with Crippen LogP contribution in [0.15, 0.2) is 42.6 Å². The Balaban J connectivity index is 1.53. The maximum Gasteiger partial charge on any atom is 0.206 e. The summed E-state index contributed by atoms with van der Waals surface area (Å²) in [6.45, 7) is 7.78. The van der Waals surface area contributed by atoms with Crippen LogP contribution in [0.5, 0.6) is 0 Å². The summed E-state index contributed by atoms with van der Waals surface area (Å²) < 4.78 is 4.29. The summed E-state index contributed by atoms with van der Waals surface area (Å²) in [6.07, 6.45) is 3.82. The number of aromatic amines is 1. The van der Waals surface area contributed by atoms with Crippen LogP contribution in [0.1, 0.15) is 37.2 Å². The fraction of sp³-hybridized carbons (Fsp3) is 0.292. The Morgan fingerprint density at radius 2 is 1.88 bits per heavy atom. The Kier molecular flexibility index (Phi) is 5.68. The molecule has 4 aromatic heterocycles. The molecular weight excluding hydrogens is 436 g/mol. The molecule has 0 saturated heterocycles. The van der Waals surface area contributed by atoms with E-state index in [1.165, 1.54) is 5.56 Å². The zero-order chi connectivity index (χ0) is 22.9. The van der Waals surface area contributed by atoms with Crippen molar-refractivity contribution >= 4 is 22.8 Å². The highest BCUT2D eigenvalue weighted by molar-refractivity contribution is 6.30. The fourth-order valence-electron chi connectivity index (χ4n) is 4.30. The van der Waals surface area contributed by atoms with Crippen LogP contribution in [0.2, 0.25) is 5.15 Å². The molecule has 168 valence electrons. The summed E-state index contributed by atoms with van der Waals surface area (Å²) in [6, 6.07) is 12.4. The van der Waals surface area contributed by atoms with Gasteiger partial charge in [-0.1, -0.05) is 42.8 Å². The van der Waals surface area contributed by atoms with Crippen molar-refractivity contribution in [3.8, 4) is 22.6 Å². The van der Waals surface area contributed by atoms with Gasteiger partial charge in [-0.05, 0) is 54.3 Å². The number of rotatable bonds is 7. The number of fused-ring (bicyclic) bond motifs is 1. The number of imidazole rings is 1. The number of hydrogen-bond donors (Lipinski definition) is 1. The van der Waals surface area contributed by atoms with E-state index in [-0.39, 0.29) is 0 Å². The van der Waals surface area contributed by atoms with E-state index in [1.807, 2.05) is 18.3 Å². The molecule has 0 unspecified atom stereocenters. The lowest BCUT2D eigenvalue weighted by Gasteiger charge is -2.12. The van der Waals surface area contributed by atoms with Gasteiger partial charge in [-0.15, -0.1) is 10.2 Å². The highest BCUT2D eigenvalue weighted by Gasteiger charge is 2.19. The molecule has 0 saturated carbocycles. The number of nitrogens with zero attached hydrogens (tertiary/aromatic N) is 7. The van der Waals surface area contributed by atoms with Crippen LogP contribution in [0.25, 0.3) is 33.8 Å². The van der Waals surface area contributed by atoms with Crippen LogP contribution >= 0.6 is 11.6 Å². The van der Waals surface area contributed by atoms with Crippen molar-refractivity contribution in [2.75, 3.05) is 0 Å². The summed E-state index contributed by atoms with van der Waals surface area (Å²) in [5, 5.41) is 15.2. The minimum absolute atomic E-state index is 0.527. The number of halogens is 1. The third kappa shape index (κ3) is 3.80. The first-order chi connectivity index (χ1) is 16.1. The molecule has 5 rings (SSSR count). The van der Waals surface area contributed by atoms with Crippen molar-refractivity contribution in [3.63, 3.8) is 0 Å². The summed E-state index contributed by atoms with van der Waals surface area (Å²) in [5.74, 6) is 1.60. The molecule has 0 aliphatic heterocycles. The van der Waals surface area contributed by atoms with Crippen LogP contribution in [-0.4, -0.2) is 39.7 Å². The molecule has 4 heterocycles. The summed E-state index contributed by atoms with van der Waals surface area (Å²) in [5.41, 5.74) is 7.14. The quantitative estimate of drug-likeness (QED) is 0.366. The molecule has 33 heavy (non-hydrogen) atoms. The SMILES string of the molecule is CCCc1nc2c(C)ccnc2n1Cc1ccc(-c2c(-c3nn[nH]n3)cc(Cl)n2CC)cc1. The fourth-order valence-corrected chi connectivity index (χ4v) is 4.61. The molecule has 0 aliphatic rings. The minimum Gasteiger partial charge on any atom is -0.331 e. The lowest BCUT2D eigenvalue weighted by molar-refractivity contribution is 0.716. The van der Waals surface area contributed by atoms with Gasteiger partial charge in [-0.25, -0.2) is 9.97 Å². The second kappa shape index (κ2) is 8.78. The predicted molar refractivity (Wildman–Crippen MR) is 129 cm³/mol. The number of aryl methyl sites for hydroxylation is 2. The van der Waals surface area contributed by atoms with Gasteiger partial charge >= 0.3 is 0 Å². The highest BCUT2D eigenvalue weighted by atomic mass is 35.5. The molecule has 0 aliphatic carbocycles. The van der Waals surface area contributed by atoms with Crippen molar-refractivity contribution in [1.82, 2.24) is 39.7 Å². The molecule has 9 heteroatoms. The van der Waals surface area contributed by atoms with Gasteiger partial charge in [0, 0.05) is 19.2 Å². The molecule has 0 spiro atoms. The Labute approximate surface area is 196 Å². The van der Waals surface area contributed by atoms with Crippen LogP contribution in [0.3, 0.4) is 0 Å². The van der Waals surface area contributed by atoms with Gasteiger partial charge in [-0.3, -0.25) is 0 Å². The maximum absolute atomic E-state index is 6.52. The predicted octanol–water partition coefficient (Wildman–Crippen LogP) is 5.06. The molecule has 0 bridgehead atoms. The lowest BCUT2D eigenvalue weighted by Crippen LogP contribution is -2.06. The second-order valence-electron chi connectivity index (χ2n) is 8.07. The standard InChI is InChI=1S/C24H25ClN8/c1-4-6-20-27-21-15(3)11-12-26-24(21)33(20)14-16-7-9-17(10-8-16)22-18(23-28-30-31-29-23)13-19(25)32(22)5-2/h7-13H,4-6,14H2,1-3H3,(H,28,29,30,31). The van der Waals surface area contributed by atoms with Crippen molar-refractivity contribution in [2.45, 2.75) is 46.7 Å². The van der Waals surface area contributed by atoms with E-state index in [0.29, 0.717) is 11.0 Å². The van der Waals surface area contributed by atoms with Crippen LogP contribution < -0.4 is 0 Å². The zero-order valence-electron chi connectivity index (χ0n) is 18.9. The second-order valence-corrected chi connectivity index (χ2v) is 8.46. The molecule has 0 atom stereocenters. The van der Waals surface area contributed by atoms with Gasteiger partial charge in [0.2, 0.25) is 5.82 Å². The number of hydrogen-bond acceptors (Lipinski definition) is 5. The first kappa shape index (κ1) is 21.3. The Hall–Kier alpha value is -3.52. The van der Waals surface area contributed by atoms with Crippen molar-refractivity contribution in [3.05, 3.63) is 64.7 Å². The molecule has 8 nitrogen and oxygen atoms in total. The zero-order valence-corrected chi connectivity index (χ0v) is 19.6. The lowest BCUT2D eigenvalue weighted by atomic mass is 10.0. The number of tetrazole rings is 1. The van der Waals surface area contributed by atoms with E-state index in [9.17, 15) is 0 Å². The Morgan fingerprint density at radius 1 is 1.06 bits per heavy atom. The van der Waals surface area contributed by atoms with Gasteiger partial charge in [0.15, 0.2) is 5.65 Å². The number of aromatic nitrogens is 8. The van der Waals surface area contributed by atoms with Gasteiger partial charge in [0.05, 0.1) is 17.8 Å². The summed E-state index contributed by atoms with van der Waals surface area (Å²) in [4.78, 5) is 9.52. The van der Waals surface area contributed by atoms with Crippen LogP contribution in [0, 0.1) is 6.92 Å². The molecule has 0 fully saturated rings. The summed E-state index contributed by atoms with van der Waals surface area (Å²) in [7, 11) is 0. The van der Waals surface area contributed by atoms with E-state index in [2.05, 4.69) is 79.8 Å². The van der Waals surface area contributed by atoms with E-state index in [0.717, 1.165) is 65.3 Å². The van der Waals surface area contributed by atoms with E-state index in [4.69, 9.17) is 16.6 Å². The van der Waals surface area contributed by atoms with E-state index < -0.39 is 0 Å². The molecule has 1 aromatic carbocycles. The van der Waals surface area contributed by atoms with Crippen molar-refractivity contribution < 1.29 is 0 Å². The van der Waals surface area contributed by atoms with E-state index in [1.54, 1.807) is 0 Å². The molecule has 5 aromatic rings.